The summed E-state index contributed by atoms with van der Waals surface area (Å²) >= 11 is 0. The number of hydrogen-bond donors (Lipinski definition) is 1. The lowest BCUT2D eigenvalue weighted by Crippen LogP contribution is -2.35. The Kier molecular flexibility index (Phi) is 3.13. The van der Waals surface area contributed by atoms with E-state index in [1.165, 1.54) is 19.3 Å². The Balaban J connectivity index is 1.66. The maximum Gasteiger partial charge on any atom is 0.156 e. The van der Waals surface area contributed by atoms with Gasteiger partial charge in [0.1, 0.15) is 23.1 Å². The van der Waals surface area contributed by atoms with E-state index in [1.54, 1.807) is 13.4 Å². The number of nitrogens with zero attached hydrogens (tertiary/aromatic N) is 3. The molecule has 2 aromatic heterocycles. The molecule has 0 unspecified atom stereocenters. The quantitative estimate of drug-likeness (QED) is 0.738. The van der Waals surface area contributed by atoms with Crippen molar-refractivity contribution in [3.05, 3.63) is 24.5 Å². The Morgan fingerprint density at radius 2 is 2.04 bits per heavy atom. The molecule has 1 aromatic carbocycles. The van der Waals surface area contributed by atoms with Gasteiger partial charge in [-0.3, -0.25) is 0 Å². The molecule has 2 fully saturated rings. The van der Waals surface area contributed by atoms with Gasteiger partial charge in [-0.25, -0.2) is 9.97 Å². The van der Waals surface area contributed by atoms with Crippen LogP contribution in [-0.4, -0.2) is 34.6 Å². The van der Waals surface area contributed by atoms with E-state index < -0.39 is 0 Å². The summed E-state index contributed by atoms with van der Waals surface area (Å²) in [6.45, 7) is 8.33. The Hall–Kier alpha value is -2.30. The Labute approximate surface area is 153 Å². The minimum absolute atomic E-state index is 0.374. The molecule has 2 atom stereocenters. The summed E-state index contributed by atoms with van der Waals surface area (Å²) < 4.78 is 5.40. The number of benzene rings is 1. The number of rotatable bonds is 2. The first-order chi connectivity index (χ1) is 12.4. The van der Waals surface area contributed by atoms with Gasteiger partial charge >= 0.3 is 0 Å². The SMILES string of the molecule is COc1ccc2[nH]c3c(N4C[C@@]5(C)C[C@@H]4CC(C)(C)C5)ncnc3c2c1. The second-order valence-corrected chi connectivity index (χ2v) is 9.30. The maximum atomic E-state index is 5.40. The van der Waals surface area contributed by atoms with Crippen molar-refractivity contribution in [2.45, 2.75) is 46.1 Å². The summed E-state index contributed by atoms with van der Waals surface area (Å²) in [7, 11) is 1.70. The lowest BCUT2D eigenvalue weighted by Gasteiger charge is -2.39. The molecular formula is C21H26N4O. The molecule has 5 heteroatoms. The molecule has 136 valence electrons. The van der Waals surface area contributed by atoms with Crippen molar-refractivity contribution in [3.63, 3.8) is 0 Å². The fourth-order valence-electron chi connectivity index (χ4n) is 5.71. The van der Waals surface area contributed by atoms with Crippen molar-refractivity contribution in [2.75, 3.05) is 18.6 Å². The molecule has 5 rings (SSSR count). The molecule has 3 aromatic rings. The molecule has 0 spiro atoms. The highest BCUT2D eigenvalue weighted by Gasteiger charge is 2.50. The van der Waals surface area contributed by atoms with Crippen molar-refractivity contribution in [1.82, 2.24) is 15.0 Å². The van der Waals surface area contributed by atoms with Crippen molar-refractivity contribution in [3.8, 4) is 5.75 Å². The van der Waals surface area contributed by atoms with Crippen LogP contribution in [-0.2, 0) is 0 Å². The number of anilines is 1. The first-order valence-electron chi connectivity index (χ1n) is 9.45. The Morgan fingerprint density at radius 1 is 1.19 bits per heavy atom. The van der Waals surface area contributed by atoms with Crippen LogP contribution >= 0.6 is 0 Å². The summed E-state index contributed by atoms with van der Waals surface area (Å²) in [4.78, 5) is 15.4. The number of aromatic nitrogens is 3. The molecule has 1 saturated heterocycles. The van der Waals surface area contributed by atoms with Gasteiger partial charge in [0.2, 0.25) is 0 Å². The fourth-order valence-corrected chi connectivity index (χ4v) is 5.71. The van der Waals surface area contributed by atoms with E-state index in [2.05, 4.69) is 47.8 Å². The van der Waals surface area contributed by atoms with Gasteiger partial charge in [0.25, 0.3) is 0 Å². The third-order valence-electron chi connectivity index (χ3n) is 6.26. The van der Waals surface area contributed by atoms with Crippen LogP contribution < -0.4 is 9.64 Å². The van der Waals surface area contributed by atoms with E-state index >= 15 is 0 Å². The van der Waals surface area contributed by atoms with Crippen LogP contribution in [0.25, 0.3) is 21.9 Å². The Morgan fingerprint density at radius 3 is 2.85 bits per heavy atom. The molecule has 3 heterocycles. The van der Waals surface area contributed by atoms with Crippen molar-refractivity contribution in [2.24, 2.45) is 10.8 Å². The minimum atomic E-state index is 0.374. The van der Waals surface area contributed by atoms with Crippen molar-refractivity contribution < 1.29 is 4.74 Å². The van der Waals surface area contributed by atoms with Gasteiger partial charge in [0.05, 0.1) is 7.11 Å². The molecule has 2 aliphatic rings. The predicted molar refractivity (Wildman–Crippen MR) is 105 cm³/mol. The zero-order chi connectivity index (χ0) is 18.1. The number of fused-ring (bicyclic) bond motifs is 5. The zero-order valence-corrected chi connectivity index (χ0v) is 16.0. The number of nitrogens with one attached hydrogen (secondary N) is 1. The summed E-state index contributed by atoms with van der Waals surface area (Å²) in [5.74, 6) is 1.90. The van der Waals surface area contributed by atoms with Gasteiger partial charge < -0.3 is 14.6 Å². The molecule has 0 radical (unpaired) electrons. The standard InChI is InChI=1S/C21H26N4O/c1-20(2)8-13-9-21(3,10-20)11-25(13)19-18-17(22-12-23-19)15-7-14(26-4)5-6-16(15)24-18/h5-7,12-13,24H,8-11H2,1-4H3/t13-,21-/m0/s1. The molecule has 0 amide bonds. The van der Waals surface area contributed by atoms with E-state index in [0.717, 1.165) is 40.0 Å². The summed E-state index contributed by atoms with van der Waals surface area (Å²) in [5, 5.41) is 1.09. The third-order valence-corrected chi connectivity index (χ3v) is 6.26. The molecular weight excluding hydrogens is 324 g/mol. The predicted octanol–water partition coefficient (Wildman–Crippen LogP) is 4.52. The normalized spacial score (nSPS) is 27.4. The zero-order valence-electron chi connectivity index (χ0n) is 16.0. The minimum Gasteiger partial charge on any atom is -0.497 e. The average molecular weight is 350 g/mol. The van der Waals surface area contributed by atoms with E-state index in [1.807, 2.05) is 6.07 Å². The van der Waals surface area contributed by atoms with Gasteiger partial charge in [0, 0.05) is 23.5 Å². The van der Waals surface area contributed by atoms with E-state index in [4.69, 9.17) is 9.72 Å². The third kappa shape index (κ3) is 2.29. The first kappa shape index (κ1) is 15.9. The number of hydrogen-bond acceptors (Lipinski definition) is 4. The highest BCUT2D eigenvalue weighted by atomic mass is 16.5. The molecule has 1 aliphatic carbocycles. The van der Waals surface area contributed by atoms with Crippen molar-refractivity contribution in [1.29, 1.82) is 0 Å². The monoisotopic (exact) mass is 350 g/mol. The van der Waals surface area contributed by atoms with Gasteiger partial charge in [-0.2, -0.15) is 0 Å². The molecule has 1 N–H and O–H groups in total. The second kappa shape index (κ2) is 5.12. The maximum absolute atomic E-state index is 5.40. The lowest BCUT2D eigenvalue weighted by molar-refractivity contribution is 0.136. The van der Waals surface area contributed by atoms with Gasteiger partial charge in [-0.1, -0.05) is 20.8 Å². The summed E-state index contributed by atoms with van der Waals surface area (Å²) in [5.41, 5.74) is 3.88. The smallest absolute Gasteiger partial charge is 0.156 e. The summed E-state index contributed by atoms with van der Waals surface area (Å²) in [6, 6.07) is 6.66. The largest absolute Gasteiger partial charge is 0.497 e. The highest BCUT2D eigenvalue weighted by Crippen LogP contribution is 2.53. The number of ether oxygens (including phenoxy) is 1. The van der Waals surface area contributed by atoms with E-state index in [-0.39, 0.29) is 0 Å². The van der Waals surface area contributed by atoms with Crippen LogP contribution in [0.15, 0.2) is 24.5 Å². The van der Waals surface area contributed by atoms with E-state index in [0.29, 0.717) is 16.9 Å². The van der Waals surface area contributed by atoms with Crippen LogP contribution in [0.3, 0.4) is 0 Å². The van der Waals surface area contributed by atoms with Gasteiger partial charge in [-0.15, -0.1) is 0 Å². The topological polar surface area (TPSA) is 54.0 Å². The Bertz CT molecular complexity index is 1010. The van der Waals surface area contributed by atoms with Crippen LogP contribution in [0.1, 0.15) is 40.0 Å². The van der Waals surface area contributed by atoms with Gasteiger partial charge in [-0.05, 0) is 48.3 Å². The van der Waals surface area contributed by atoms with E-state index in [9.17, 15) is 0 Å². The number of aromatic amines is 1. The number of methoxy groups -OCH3 is 1. The van der Waals surface area contributed by atoms with Gasteiger partial charge in [0.15, 0.2) is 5.82 Å². The van der Waals surface area contributed by atoms with Crippen LogP contribution in [0.4, 0.5) is 5.82 Å². The summed E-state index contributed by atoms with van der Waals surface area (Å²) in [6.07, 6.45) is 5.48. The van der Waals surface area contributed by atoms with Crippen LogP contribution in [0.2, 0.25) is 0 Å². The van der Waals surface area contributed by atoms with Crippen molar-refractivity contribution >= 4 is 27.8 Å². The molecule has 1 saturated carbocycles. The van der Waals surface area contributed by atoms with Crippen LogP contribution in [0, 0.1) is 10.8 Å². The molecule has 2 bridgehead atoms. The number of H-pyrrole nitrogens is 1. The second-order valence-electron chi connectivity index (χ2n) is 9.30. The molecule has 5 nitrogen and oxygen atoms in total. The highest BCUT2D eigenvalue weighted by molar-refractivity contribution is 6.08. The molecule has 26 heavy (non-hydrogen) atoms. The van der Waals surface area contributed by atoms with Crippen LogP contribution in [0.5, 0.6) is 5.75 Å². The lowest BCUT2D eigenvalue weighted by atomic mass is 9.65. The fraction of sp³-hybridized carbons (Fsp3) is 0.524. The average Bonchev–Trinajstić information content (AvgIpc) is 3.07. The first-order valence-corrected chi connectivity index (χ1v) is 9.45. The molecule has 1 aliphatic heterocycles.